The number of fused-ring (bicyclic) bond motifs is 10. The van der Waals surface area contributed by atoms with Gasteiger partial charge in [0, 0.05) is 32.8 Å². The van der Waals surface area contributed by atoms with Crippen LogP contribution in [0.2, 0.25) is 0 Å². The Kier molecular flexibility index (Phi) is 7.51. The second-order valence-corrected chi connectivity index (χ2v) is 12.6. The zero-order chi connectivity index (χ0) is 32.6. The van der Waals surface area contributed by atoms with Crippen LogP contribution in [-0.4, -0.2) is 81.2 Å². The molecule has 0 unspecified atom stereocenters. The number of aliphatic hydroxyl groups excluding tert-OH is 3. The first-order valence-corrected chi connectivity index (χ1v) is 15.4. The third-order valence-electron chi connectivity index (χ3n) is 8.74. The number of aromatic nitrogens is 1. The van der Waals surface area contributed by atoms with E-state index in [1.165, 1.54) is 52.3 Å². The lowest BCUT2D eigenvalue weighted by Gasteiger charge is -2.41. The lowest BCUT2D eigenvalue weighted by molar-refractivity contribution is -0.241. The minimum atomic E-state index is -1.76. The van der Waals surface area contributed by atoms with Gasteiger partial charge in [-0.1, -0.05) is 0 Å². The number of nitrogens with two attached hydrogens (primary N) is 2. The van der Waals surface area contributed by atoms with E-state index in [2.05, 4.69) is 10.6 Å². The van der Waals surface area contributed by atoms with E-state index in [1.54, 1.807) is 0 Å². The molecule has 46 heavy (non-hydrogen) atoms. The number of rotatable bonds is 7. The number of halogens is 2. The average molecular weight is 654 g/mol. The molecule has 7 rings (SSSR count). The molecule has 0 radical (unpaired) electrons. The van der Waals surface area contributed by atoms with Crippen molar-refractivity contribution in [2.24, 2.45) is 11.5 Å². The van der Waals surface area contributed by atoms with Crippen molar-refractivity contribution in [1.29, 1.82) is 0 Å². The quantitative estimate of drug-likeness (QED) is 0.127. The molecule has 12 nitrogen and oxygen atoms in total. The van der Waals surface area contributed by atoms with Gasteiger partial charge in [-0.15, -0.1) is 11.3 Å². The van der Waals surface area contributed by atoms with Crippen LogP contribution < -0.4 is 22.1 Å². The standard InChI is InChI=1S/C31H29F2N5O7S/c32-11-3-5-16-13(8-11)19-21-22(30(44)37-29(21)43)20-14-9-12(33)4-6-18(14)46-27(20)23(19)38(16)31-26(41)25(40)24(39)17(45-31)10-36-28(42)15(35)2-1-7-34/h3-6,8-9,15,17,24-26,31,39-41H,1-2,7,10,34-35H2,(H,36,42)(H,37,43,44)/t15-,17+,24+,25-,26+,31+/m0/s1. The Morgan fingerprint density at radius 1 is 1.00 bits per heavy atom. The number of nitrogens with zero attached hydrogens (tertiary/aromatic N) is 1. The van der Waals surface area contributed by atoms with Gasteiger partial charge in [0.05, 0.1) is 32.9 Å². The Morgan fingerprint density at radius 3 is 2.39 bits per heavy atom. The van der Waals surface area contributed by atoms with Crippen molar-refractivity contribution in [1.82, 2.24) is 15.2 Å². The van der Waals surface area contributed by atoms with Gasteiger partial charge in [0.1, 0.15) is 36.1 Å². The Labute approximate surface area is 262 Å². The van der Waals surface area contributed by atoms with Crippen LogP contribution in [0.1, 0.15) is 39.8 Å². The van der Waals surface area contributed by atoms with Gasteiger partial charge in [-0.05, 0) is 55.8 Å². The molecule has 0 bridgehead atoms. The van der Waals surface area contributed by atoms with Crippen molar-refractivity contribution < 1.29 is 43.2 Å². The minimum Gasteiger partial charge on any atom is -0.388 e. The molecule has 1 fully saturated rings. The van der Waals surface area contributed by atoms with Gasteiger partial charge in [-0.25, -0.2) is 8.78 Å². The highest BCUT2D eigenvalue weighted by atomic mass is 32.1. The normalized spacial score (nSPS) is 23.8. The van der Waals surface area contributed by atoms with E-state index in [0.717, 1.165) is 0 Å². The van der Waals surface area contributed by atoms with Crippen LogP contribution in [0.4, 0.5) is 8.78 Å². The summed E-state index contributed by atoms with van der Waals surface area (Å²) in [7, 11) is 0. The molecule has 6 atom stereocenters. The number of amides is 3. The number of imide groups is 1. The van der Waals surface area contributed by atoms with Gasteiger partial charge in [0.15, 0.2) is 6.23 Å². The number of aliphatic hydroxyl groups is 3. The third-order valence-corrected chi connectivity index (χ3v) is 9.91. The number of benzene rings is 3. The summed E-state index contributed by atoms with van der Waals surface area (Å²) < 4.78 is 38.0. The van der Waals surface area contributed by atoms with Crippen molar-refractivity contribution >= 4 is 71.0 Å². The van der Waals surface area contributed by atoms with Crippen LogP contribution in [0.3, 0.4) is 0 Å². The van der Waals surface area contributed by atoms with E-state index in [0.29, 0.717) is 34.2 Å². The van der Waals surface area contributed by atoms with Crippen LogP contribution in [0, 0.1) is 11.6 Å². The summed E-state index contributed by atoms with van der Waals surface area (Å²) in [4.78, 5) is 39.1. The molecule has 2 aliphatic heterocycles. The number of ether oxygens (including phenoxy) is 1. The molecule has 240 valence electrons. The SMILES string of the molecule is NCCC[C@H](N)C(=O)NC[C@H]1O[C@@H](n2c3ccc(F)cc3c3c4c(c5c6cc(F)ccc6sc5c32)C(=O)NC4=O)[C@H](O)[C@@H](O)[C@@H]1O. The summed E-state index contributed by atoms with van der Waals surface area (Å²) in [6.45, 7) is 0.0627. The van der Waals surface area contributed by atoms with Gasteiger partial charge in [-0.2, -0.15) is 0 Å². The summed E-state index contributed by atoms with van der Waals surface area (Å²) in [5, 5.41) is 39.2. The highest BCUT2D eigenvalue weighted by molar-refractivity contribution is 7.26. The maximum absolute atomic E-state index is 14.8. The largest absolute Gasteiger partial charge is 0.388 e. The van der Waals surface area contributed by atoms with Gasteiger partial charge in [0.25, 0.3) is 11.8 Å². The van der Waals surface area contributed by atoms with Gasteiger partial charge in [-0.3, -0.25) is 19.7 Å². The summed E-state index contributed by atoms with van der Waals surface area (Å²) in [5.41, 5.74) is 11.9. The van der Waals surface area contributed by atoms with Crippen molar-refractivity contribution in [2.45, 2.75) is 49.5 Å². The van der Waals surface area contributed by atoms with Gasteiger partial charge < -0.3 is 41.4 Å². The number of carbonyl (C=O) groups excluding carboxylic acids is 3. The Hall–Kier alpha value is -4.09. The zero-order valence-corrected chi connectivity index (χ0v) is 24.8. The Balaban J connectivity index is 1.46. The van der Waals surface area contributed by atoms with Crippen molar-refractivity contribution in [3.05, 3.63) is 59.2 Å². The molecule has 2 aliphatic rings. The smallest absolute Gasteiger partial charge is 0.259 e. The molecule has 2 aromatic heterocycles. The molecule has 15 heteroatoms. The van der Waals surface area contributed by atoms with E-state index < -0.39 is 66.0 Å². The Bertz CT molecular complexity index is 2100. The number of thiophene rings is 1. The van der Waals surface area contributed by atoms with E-state index in [4.69, 9.17) is 16.2 Å². The van der Waals surface area contributed by atoms with Crippen molar-refractivity contribution in [2.75, 3.05) is 13.1 Å². The van der Waals surface area contributed by atoms with Gasteiger partial charge in [0.2, 0.25) is 5.91 Å². The van der Waals surface area contributed by atoms with Crippen LogP contribution >= 0.6 is 11.3 Å². The molecule has 3 amide bonds. The maximum atomic E-state index is 14.8. The number of nitrogens with one attached hydrogen (secondary N) is 2. The van der Waals surface area contributed by atoms with E-state index >= 15 is 0 Å². The molecule has 1 saturated heterocycles. The maximum Gasteiger partial charge on any atom is 0.259 e. The summed E-state index contributed by atoms with van der Waals surface area (Å²) in [6.07, 6.45) is -6.97. The second-order valence-electron chi connectivity index (χ2n) is 11.6. The lowest BCUT2D eigenvalue weighted by atomic mass is 9.96. The van der Waals surface area contributed by atoms with Crippen LogP contribution in [0.25, 0.3) is 42.0 Å². The molecule has 4 heterocycles. The topological polar surface area (TPSA) is 202 Å². The fourth-order valence-corrected chi connectivity index (χ4v) is 7.80. The van der Waals surface area contributed by atoms with Crippen LogP contribution in [0.15, 0.2) is 36.4 Å². The van der Waals surface area contributed by atoms with Gasteiger partial charge >= 0.3 is 0 Å². The molecular weight excluding hydrogens is 624 g/mol. The summed E-state index contributed by atoms with van der Waals surface area (Å²) in [6, 6.07) is 6.95. The molecule has 0 aliphatic carbocycles. The highest BCUT2D eigenvalue weighted by Gasteiger charge is 2.46. The zero-order valence-electron chi connectivity index (χ0n) is 24.0. The summed E-state index contributed by atoms with van der Waals surface area (Å²) >= 11 is 1.19. The second kappa shape index (κ2) is 11.3. The lowest BCUT2D eigenvalue weighted by Crippen LogP contribution is -2.58. The number of hydrogen-bond acceptors (Lipinski definition) is 10. The van der Waals surface area contributed by atoms with E-state index in [1.807, 2.05) is 0 Å². The molecule has 0 saturated carbocycles. The average Bonchev–Trinajstić information content (AvgIpc) is 3.66. The first kappa shape index (κ1) is 30.6. The first-order valence-electron chi connectivity index (χ1n) is 14.6. The van der Waals surface area contributed by atoms with Crippen molar-refractivity contribution in [3.8, 4) is 0 Å². The fraction of sp³-hybridized carbons (Fsp3) is 0.323. The molecule has 5 aromatic rings. The minimum absolute atomic E-state index is 0.0137. The van der Waals surface area contributed by atoms with Crippen LogP contribution in [-0.2, 0) is 9.53 Å². The van der Waals surface area contributed by atoms with Crippen molar-refractivity contribution in [3.63, 3.8) is 0 Å². The molecule has 9 N–H and O–H groups in total. The van der Waals surface area contributed by atoms with E-state index in [9.17, 15) is 38.5 Å². The number of carbonyl (C=O) groups is 3. The molecule has 0 spiro atoms. The first-order chi connectivity index (χ1) is 22.0. The van der Waals surface area contributed by atoms with Crippen LogP contribution in [0.5, 0.6) is 0 Å². The monoisotopic (exact) mass is 653 g/mol. The third kappa shape index (κ3) is 4.58. The number of hydrogen-bond donors (Lipinski definition) is 7. The Morgan fingerprint density at radius 2 is 1.67 bits per heavy atom. The fourth-order valence-electron chi connectivity index (χ4n) is 6.56. The predicted molar refractivity (Wildman–Crippen MR) is 165 cm³/mol. The molecule has 3 aromatic carbocycles. The highest BCUT2D eigenvalue weighted by Crippen LogP contribution is 2.49. The predicted octanol–water partition coefficient (Wildman–Crippen LogP) is 1.49. The molecular formula is C31H29F2N5O7S. The summed E-state index contributed by atoms with van der Waals surface area (Å²) in [5.74, 6) is -3.17. The van der Waals surface area contributed by atoms with E-state index in [-0.39, 0.29) is 44.9 Å².